The van der Waals surface area contributed by atoms with Gasteiger partial charge >= 0.3 is 5.97 Å². The second kappa shape index (κ2) is 8.04. The van der Waals surface area contributed by atoms with Crippen LogP contribution in [0, 0.1) is 17.0 Å². The first-order valence-corrected chi connectivity index (χ1v) is 7.69. The highest BCUT2D eigenvalue weighted by molar-refractivity contribution is 5.95. The largest absolute Gasteiger partial charge is 0.451 e. The third-order valence-electron chi connectivity index (χ3n) is 3.23. The molecule has 0 saturated heterocycles. The molecule has 1 aromatic carbocycles. The number of anilines is 1. The lowest BCUT2D eigenvalue weighted by Gasteiger charge is -2.22. The lowest BCUT2D eigenvalue weighted by atomic mass is 9.95. The van der Waals surface area contributed by atoms with Gasteiger partial charge in [-0.05, 0) is 26.0 Å². The SMILES string of the molecule is CC(NC(=O)C(C)(C)C)C(=O)OC(C)C(=O)Nc1cc(F)ccc1F. The standard InChI is InChI=1S/C17H22F2N2O4/c1-9(20-16(24)17(3,4)5)15(23)25-10(2)14(22)21-13-8-11(18)6-7-12(13)19/h6-10H,1-5H3,(H,20,24)(H,21,22). The molecule has 0 saturated carbocycles. The van der Waals surface area contributed by atoms with Gasteiger partial charge in [-0.1, -0.05) is 20.8 Å². The quantitative estimate of drug-likeness (QED) is 0.794. The van der Waals surface area contributed by atoms with Crippen molar-refractivity contribution in [2.24, 2.45) is 5.41 Å². The van der Waals surface area contributed by atoms with Crippen molar-refractivity contribution in [1.29, 1.82) is 0 Å². The summed E-state index contributed by atoms with van der Waals surface area (Å²) >= 11 is 0. The van der Waals surface area contributed by atoms with E-state index < -0.39 is 41.1 Å². The Hall–Kier alpha value is -2.51. The number of carbonyl (C=O) groups is 3. The van der Waals surface area contributed by atoms with Crippen molar-refractivity contribution >= 4 is 23.5 Å². The minimum absolute atomic E-state index is 0.351. The monoisotopic (exact) mass is 356 g/mol. The minimum atomic E-state index is -1.26. The lowest BCUT2D eigenvalue weighted by molar-refractivity contribution is -0.156. The number of carbonyl (C=O) groups excluding carboxylic acids is 3. The average molecular weight is 356 g/mol. The van der Waals surface area contributed by atoms with Crippen LogP contribution < -0.4 is 10.6 Å². The predicted octanol–water partition coefficient (Wildman–Crippen LogP) is 2.39. The maximum atomic E-state index is 13.5. The second-order valence-electron chi connectivity index (χ2n) is 6.64. The summed E-state index contributed by atoms with van der Waals surface area (Å²) in [5, 5.41) is 4.62. The fraction of sp³-hybridized carbons (Fsp3) is 0.471. The van der Waals surface area contributed by atoms with Crippen LogP contribution in [-0.4, -0.2) is 29.9 Å². The number of hydrogen-bond donors (Lipinski definition) is 2. The Balaban J connectivity index is 2.63. The summed E-state index contributed by atoms with van der Waals surface area (Å²) in [5.74, 6) is -3.54. The molecule has 1 rings (SSSR count). The van der Waals surface area contributed by atoms with E-state index in [0.717, 1.165) is 18.2 Å². The lowest BCUT2D eigenvalue weighted by Crippen LogP contribution is -2.46. The van der Waals surface area contributed by atoms with Crippen molar-refractivity contribution in [3.63, 3.8) is 0 Å². The van der Waals surface area contributed by atoms with Gasteiger partial charge in [-0.25, -0.2) is 13.6 Å². The van der Waals surface area contributed by atoms with E-state index in [4.69, 9.17) is 4.74 Å². The number of nitrogens with one attached hydrogen (secondary N) is 2. The first-order valence-electron chi connectivity index (χ1n) is 7.69. The summed E-state index contributed by atoms with van der Waals surface area (Å²) in [6, 6.07) is 1.63. The normalized spacial score (nSPS) is 13.6. The van der Waals surface area contributed by atoms with Gasteiger partial charge in [0.15, 0.2) is 6.10 Å². The molecule has 0 bridgehead atoms. The Labute approximate surface area is 144 Å². The van der Waals surface area contributed by atoms with E-state index in [1.807, 2.05) is 0 Å². The molecule has 0 heterocycles. The minimum Gasteiger partial charge on any atom is -0.451 e. The molecular weight excluding hydrogens is 334 g/mol. The van der Waals surface area contributed by atoms with Crippen molar-refractivity contribution in [1.82, 2.24) is 5.32 Å². The maximum Gasteiger partial charge on any atom is 0.329 e. The molecule has 6 nitrogen and oxygen atoms in total. The summed E-state index contributed by atoms with van der Waals surface area (Å²) in [7, 11) is 0. The molecule has 0 aliphatic carbocycles. The van der Waals surface area contributed by atoms with Crippen LogP contribution in [0.25, 0.3) is 0 Å². The van der Waals surface area contributed by atoms with Gasteiger partial charge in [-0.2, -0.15) is 0 Å². The van der Waals surface area contributed by atoms with Crippen LogP contribution in [0.3, 0.4) is 0 Å². The zero-order chi connectivity index (χ0) is 19.4. The highest BCUT2D eigenvalue weighted by Crippen LogP contribution is 2.16. The third-order valence-corrected chi connectivity index (χ3v) is 3.23. The first-order chi connectivity index (χ1) is 11.4. The molecule has 0 fully saturated rings. The van der Waals surface area contributed by atoms with Gasteiger partial charge in [0.2, 0.25) is 5.91 Å². The molecule has 0 radical (unpaired) electrons. The summed E-state index contributed by atoms with van der Waals surface area (Å²) in [4.78, 5) is 35.7. The number of amides is 2. The van der Waals surface area contributed by atoms with Gasteiger partial charge in [0.25, 0.3) is 5.91 Å². The van der Waals surface area contributed by atoms with Gasteiger partial charge in [0.05, 0.1) is 5.69 Å². The number of esters is 1. The van der Waals surface area contributed by atoms with Crippen molar-refractivity contribution in [2.75, 3.05) is 5.32 Å². The van der Waals surface area contributed by atoms with Gasteiger partial charge in [0, 0.05) is 11.5 Å². The molecule has 0 spiro atoms. The molecule has 8 heteroatoms. The van der Waals surface area contributed by atoms with Crippen LogP contribution in [0.15, 0.2) is 18.2 Å². The maximum absolute atomic E-state index is 13.5. The van der Waals surface area contributed by atoms with Crippen LogP contribution in [0.1, 0.15) is 34.6 Å². The Bertz CT molecular complexity index is 671. The fourth-order valence-electron chi connectivity index (χ4n) is 1.63. The van der Waals surface area contributed by atoms with Crippen LogP contribution in [0.4, 0.5) is 14.5 Å². The molecule has 1 aromatic rings. The molecular formula is C17H22F2N2O4. The Morgan fingerprint density at radius 2 is 1.72 bits per heavy atom. The van der Waals surface area contributed by atoms with Crippen LogP contribution in [0.5, 0.6) is 0 Å². The second-order valence-corrected chi connectivity index (χ2v) is 6.64. The molecule has 2 amide bonds. The van der Waals surface area contributed by atoms with Gasteiger partial charge in [0.1, 0.15) is 17.7 Å². The molecule has 2 atom stereocenters. The first kappa shape index (κ1) is 20.5. The van der Waals surface area contributed by atoms with E-state index in [1.54, 1.807) is 20.8 Å². The summed E-state index contributed by atoms with van der Waals surface area (Å²) in [5.41, 5.74) is -1.05. The summed E-state index contributed by atoms with van der Waals surface area (Å²) in [6.07, 6.45) is -1.26. The van der Waals surface area contributed by atoms with Crippen LogP contribution in [0.2, 0.25) is 0 Å². The van der Waals surface area contributed by atoms with E-state index >= 15 is 0 Å². The van der Waals surface area contributed by atoms with Crippen molar-refractivity contribution in [2.45, 2.75) is 46.8 Å². The van der Waals surface area contributed by atoms with Crippen molar-refractivity contribution < 1.29 is 27.9 Å². The topological polar surface area (TPSA) is 84.5 Å². The van der Waals surface area contributed by atoms with E-state index in [0.29, 0.717) is 0 Å². The number of halogens is 2. The molecule has 0 aliphatic heterocycles. The Morgan fingerprint density at radius 1 is 1.12 bits per heavy atom. The molecule has 2 unspecified atom stereocenters. The van der Waals surface area contributed by atoms with Gasteiger partial charge < -0.3 is 15.4 Å². The molecule has 0 aromatic heterocycles. The molecule has 2 N–H and O–H groups in total. The molecule has 25 heavy (non-hydrogen) atoms. The van der Waals surface area contributed by atoms with E-state index in [2.05, 4.69) is 10.6 Å². The zero-order valence-electron chi connectivity index (χ0n) is 14.8. The Morgan fingerprint density at radius 3 is 2.28 bits per heavy atom. The van der Waals surface area contributed by atoms with Gasteiger partial charge in [-0.3, -0.25) is 9.59 Å². The van der Waals surface area contributed by atoms with E-state index in [-0.39, 0.29) is 11.6 Å². The predicted molar refractivity (Wildman–Crippen MR) is 87.6 cm³/mol. The molecule has 0 aliphatic rings. The highest BCUT2D eigenvalue weighted by Gasteiger charge is 2.28. The summed E-state index contributed by atoms with van der Waals surface area (Å²) in [6.45, 7) is 7.75. The Kier molecular flexibility index (Phi) is 6.61. The zero-order valence-corrected chi connectivity index (χ0v) is 14.8. The van der Waals surface area contributed by atoms with E-state index in [9.17, 15) is 23.2 Å². The number of hydrogen-bond acceptors (Lipinski definition) is 4. The highest BCUT2D eigenvalue weighted by atomic mass is 19.1. The van der Waals surface area contributed by atoms with Crippen LogP contribution >= 0.6 is 0 Å². The smallest absolute Gasteiger partial charge is 0.329 e. The van der Waals surface area contributed by atoms with Crippen molar-refractivity contribution in [3.8, 4) is 0 Å². The number of rotatable bonds is 5. The summed E-state index contributed by atoms with van der Waals surface area (Å²) < 4.78 is 31.5. The number of benzene rings is 1. The van der Waals surface area contributed by atoms with E-state index in [1.165, 1.54) is 13.8 Å². The van der Waals surface area contributed by atoms with Crippen molar-refractivity contribution in [3.05, 3.63) is 29.8 Å². The van der Waals surface area contributed by atoms with Crippen LogP contribution in [-0.2, 0) is 19.1 Å². The third kappa shape index (κ3) is 6.13. The fourth-order valence-corrected chi connectivity index (χ4v) is 1.63. The molecule has 138 valence electrons. The average Bonchev–Trinajstić information content (AvgIpc) is 2.49. The number of ether oxygens (including phenoxy) is 1. The van der Waals surface area contributed by atoms with Gasteiger partial charge in [-0.15, -0.1) is 0 Å².